The molecule has 166 valence electrons. The minimum atomic E-state index is 0.409. The highest BCUT2D eigenvalue weighted by Gasteiger charge is 2.14. The number of nitrogens with zero attached hydrogens (tertiary/aromatic N) is 3. The summed E-state index contributed by atoms with van der Waals surface area (Å²) < 4.78 is 0. The normalized spacial score (nSPS) is 12.7. The number of para-hydroxylation sites is 2. The molecule has 0 aliphatic heterocycles. The van der Waals surface area contributed by atoms with Crippen LogP contribution in [0, 0.1) is 13.8 Å². The molecule has 2 aromatic carbocycles. The molecule has 0 atom stereocenters. The zero-order chi connectivity index (χ0) is 23.4. The molecule has 0 spiro atoms. The van der Waals surface area contributed by atoms with E-state index in [1.807, 2.05) is 32.0 Å². The second-order valence-electron chi connectivity index (χ2n) is 9.14. The smallest absolute Gasteiger partial charge is 0.0849 e. The summed E-state index contributed by atoms with van der Waals surface area (Å²) in [5.74, 6) is 0.817. The fraction of sp³-hybridized carbons (Fsp3) is 0.345. The van der Waals surface area contributed by atoms with E-state index in [-0.39, 0.29) is 0 Å². The highest BCUT2D eigenvalue weighted by molar-refractivity contribution is 6.02. The zero-order valence-electron chi connectivity index (χ0n) is 20.7. The summed E-state index contributed by atoms with van der Waals surface area (Å²) in [6.07, 6.45) is 0. The van der Waals surface area contributed by atoms with Crippen molar-refractivity contribution in [3.05, 3.63) is 88.2 Å². The van der Waals surface area contributed by atoms with Crippen molar-refractivity contribution in [3.63, 3.8) is 0 Å². The standard InChI is InChI=1S/C29H35N3/c1-18(2)24-14-10-15-25(19(3)4)29(24)31-23(8)27-17-11-16-26(32-27)22(7)30-28-20(5)12-9-13-21(28)6/h9-19H,1-8H3. The Kier molecular flexibility index (Phi) is 7.40. The highest BCUT2D eigenvalue weighted by Crippen LogP contribution is 2.35. The third-order valence-corrected chi connectivity index (χ3v) is 5.83. The first-order chi connectivity index (χ1) is 15.2. The number of pyridine rings is 1. The molecule has 32 heavy (non-hydrogen) atoms. The van der Waals surface area contributed by atoms with E-state index in [4.69, 9.17) is 15.0 Å². The van der Waals surface area contributed by atoms with Crippen LogP contribution in [0.3, 0.4) is 0 Å². The number of hydrogen-bond acceptors (Lipinski definition) is 3. The Morgan fingerprint density at radius 3 is 1.50 bits per heavy atom. The highest BCUT2D eigenvalue weighted by atomic mass is 14.8. The van der Waals surface area contributed by atoms with Crippen LogP contribution in [-0.2, 0) is 0 Å². The van der Waals surface area contributed by atoms with E-state index in [1.54, 1.807) is 0 Å². The maximum Gasteiger partial charge on any atom is 0.0849 e. The lowest BCUT2D eigenvalue weighted by atomic mass is 9.93. The Balaban J connectivity index is 2.04. The van der Waals surface area contributed by atoms with Gasteiger partial charge in [-0.1, -0.05) is 70.2 Å². The number of aliphatic imine (C=N–C) groups is 2. The second-order valence-corrected chi connectivity index (χ2v) is 9.14. The minimum Gasteiger partial charge on any atom is -0.251 e. The van der Waals surface area contributed by atoms with Gasteiger partial charge in [-0.2, -0.15) is 0 Å². The lowest BCUT2D eigenvalue weighted by Crippen LogP contribution is -2.06. The molecule has 0 bridgehead atoms. The topological polar surface area (TPSA) is 37.6 Å². The molecule has 3 nitrogen and oxygen atoms in total. The lowest BCUT2D eigenvalue weighted by molar-refractivity contribution is 0.834. The summed E-state index contributed by atoms with van der Waals surface area (Å²) in [6.45, 7) is 17.2. The van der Waals surface area contributed by atoms with Crippen LogP contribution in [0.5, 0.6) is 0 Å². The van der Waals surface area contributed by atoms with Crippen molar-refractivity contribution < 1.29 is 0 Å². The van der Waals surface area contributed by atoms with Crippen molar-refractivity contribution in [2.24, 2.45) is 9.98 Å². The number of hydrogen-bond donors (Lipinski definition) is 0. The van der Waals surface area contributed by atoms with Gasteiger partial charge in [-0.05, 0) is 73.9 Å². The van der Waals surface area contributed by atoms with Crippen LogP contribution >= 0.6 is 0 Å². The quantitative estimate of drug-likeness (QED) is 0.366. The van der Waals surface area contributed by atoms with E-state index in [1.165, 1.54) is 22.3 Å². The number of rotatable bonds is 6. The third-order valence-electron chi connectivity index (χ3n) is 5.83. The zero-order valence-corrected chi connectivity index (χ0v) is 20.7. The maximum atomic E-state index is 5.10. The predicted molar refractivity (Wildman–Crippen MR) is 139 cm³/mol. The van der Waals surface area contributed by atoms with Crippen LogP contribution in [0.1, 0.15) is 87.0 Å². The lowest BCUT2D eigenvalue weighted by Gasteiger charge is -2.17. The fourth-order valence-corrected chi connectivity index (χ4v) is 3.91. The molecular weight excluding hydrogens is 390 g/mol. The van der Waals surface area contributed by atoms with Crippen molar-refractivity contribution >= 4 is 22.8 Å². The Labute approximate surface area is 193 Å². The van der Waals surface area contributed by atoms with Gasteiger partial charge in [-0.25, -0.2) is 4.98 Å². The van der Waals surface area contributed by atoms with Crippen LogP contribution in [0.25, 0.3) is 0 Å². The predicted octanol–water partition coefficient (Wildman–Crippen LogP) is 8.23. The minimum absolute atomic E-state index is 0.409. The summed E-state index contributed by atoms with van der Waals surface area (Å²) in [5.41, 5.74) is 10.6. The van der Waals surface area contributed by atoms with Gasteiger partial charge in [0, 0.05) is 0 Å². The van der Waals surface area contributed by atoms with Gasteiger partial charge in [0.1, 0.15) is 0 Å². The summed E-state index contributed by atoms with van der Waals surface area (Å²) in [7, 11) is 0. The monoisotopic (exact) mass is 425 g/mol. The molecule has 3 heteroatoms. The molecule has 0 saturated heterocycles. The average molecular weight is 426 g/mol. The molecule has 1 heterocycles. The first kappa shape index (κ1) is 23.6. The molecule has 0 aliphatic rings. The van der Waals surface area contributed by atoms with Crippen molar-refractivity contribution in [1.29, 1.82) is 0 Å². The Bertz CT molecular complexity index is 1120. The average Bonchev–Trinajstić information content (AvgIpc) is 2.76. The second kappa shape index (κ2) is 10.0. The van der Waals surface area contributed by atoms with Gasteiger partial charge < -0.3 is 0 Å². The van der Waals surface area contributed by atoms with E-state index in [2.05, 4.69) is 77.9 Å². The maximum absolute atomic E-state index is 5.10. The van der Waals surface area contributed by atoms with Crippen molar-refractivity contribution in [1.82, 2.24) is 4.98 Å². The van der Waals surface area contributed by atoms with Gasteiger partial charge in [0.15, 0.2) is 0 Å². The number of aromatic nitrogens is 1. The van der Waals surface area contributed by atoms with E-state index in [9.17, 15) is 0 Å². The molecule has 0 fully saturated rings. The molecule has 1 aromatic heterocycles. The molecule has 0 amide bonds. The van der Waals surface area contributed by atoms with Crippen molar-refractivity contribution in [3.8, 4) is 0 Å². The summed E-state index contributed by atoms with van der Waals surface area (Å²) >= 11 is 0. The molecule has 0 N–H and O–H groups in total. The Morgan fingerprint density at radius 1 is 0.625 bits per heavy atom. The Morgan fingerprint density at radius 2 is 1.03 bits per heavy atom. The van der Waals surface area contributed by atoms with Gasteiger partial charge in [0.05, 0.1) is 34.2 Å². The third kappa shape index (κ3) is 5.21. The molecule has 0 saturated carbocycles. The Hall–Kier alpha value is -3.07. The van der Waals surface area contributed by atoms with E-state index in [0.717, 1.165) is 34.2 Å². The van der Waals surface area contributed by atoms with Gasteiger partial charge >= 0.3 is 0 Å². The van der Waals surface area contributed by atoms with Crippen molar-refractivity contribution in [2.45, 2.75) is 67.2 Å². The van der Waals surface area contributed by atoms with Crippen LogP contribution in [0.2, 0.25) is 0 Å². The molecule has 0 unspecified atom stereocenters. The molecular formula is C29H35N3. The SMILES string of the molecule is CC(=Nc1c(C)cccc1C)c1cccc(C(C)=Nc2c(C(C)C)cccc2C(C)C)n1. The van der Waals surface area contributed by atoms with E-state index in [0.29, 0.717) is 11.8 Å². The van der Waals surface area contributed by atoms with Crippen LogP contribution in [0.15, 0.2) is 64.6 Å². The first-order valence-electron chi connectivity index (χ1n) is 11.5. The first-order valence-corrected chi connectivity index (χ1v) is 11.5. The number of aryl methyl sites for hydroxylation is 2. The van der Waals surface area contributed by atoms with E-state index < -0.39 is 0 Å². The summed E-state index contributed by atoms with van der Waals surface area (Å²) in [6, 6.07) is 18.9. The van der Waals surface area contributed by atoms with Crippen molar-refractivity contribution in [2.75, 3.05) is 0 Å². The summed E-state index contributed by atoms with van der Waals surface area (Å²) in [5, 5.41) is 0. The van der Waals surface area contributed by atoms with E-state index >= 15 is 0 Å². The van der Waals surface area contributed by atoms with Crippen LogP contribution in [-0.4, -0.2) is 16.4 Å². The largest absolute Gasteiger partial charge is 0.251 e. The van der Waals surface area contributed by atoms with Gasteiger partial charge in [-0.15, -0.1) is 0 Å². The van der Waals surface area contributed by atoms with Gasteiger partial charge in [0.25, 0.3) is 0 Å². The molecule has 3 rings (SSSR count). The molecule has 3 aromatic rings. The van der Waals surface area contributed by atoms with Gasteiger partial charge in [0.2, 0.25) is 0 Å². The van der Waals surface area contributed by atoms with Crippen LogP contribution in [0.4, 0.5) is 11.4 Å². The fourth-order valence-electron chi connectivity index (χ4n) is 3.91. The molecule has 0 radical (unpaired) electrons. The number of benzene rings is 2. The molecule has 0 aliphatic carbocycles. The van der Waals surface area contributed by atoms with Gasteiger partial charge in [-0.3, -0.25) is 9.98 Å². The van der Waals surface area contributed by atoms with Crippen LogP contribution < -0.4 is 0 Å². The summed E-state index contributed by atoms with van der Waals surface area (Å²) in [4.78, 5) is 14.9.